The van der Waals surface area contributed by atoms with Crippen LogP contribution >= 0.6 is 23.2 Å². The summed E-state index contributed by atoms with van der Waals surface area (Å²) in [6.45, 7) is 0. The third-order valence-electron chi connectivity index (χ3n) is 11.0. The Kier molecular flexibility index (Phi) is 20.3. The topological polar surface area (TPSA) is 193 Å². The number of benzene rings is 4. The Morgan fingerprint density at radius 3 is 1.26 bits per heavy atom. The fourth-order valence-electron chi connectivity index (χ4n) is 7.47. The molecule has 0 radical (unpaired) electrons. The van der Waals surface area contributed by atoms with Crippen LogP contribution in [0.25, 0.3) is 0 Å². The van der Waals surface area contributed by atoms with E-state index in [0.29, 0.717) is 41.5 Å². The zero-order valence-electron chi connectivity index (χ0n) is 40.2. The first-order chi connectivity index (χ1) is 37.7. The van der Waals surface area contributed by atoms with Crippen LogP contribution in [-0.2, 0) is 28.7 Å². The van der Waals surface area contributed by atoms with E-state index in [-0.39, 0.29) is 27.9 Å². The van der Waals surface area contributed by atoms with Crippen molar-refractivity contribution in [2.45, 2.75) is 73.4 Å². The van der Waals surface area contributed by atoms with Gasteiger partial charge in [0.2, 0.25) is 18.0 Å². The molecule has 6 aromatic rings. The fourth-order valence-corrected chi connectivity index (χ4v) is 7.69. The van der Waals surface area contributed by atoms with Crippen LogP contribution in [0.15, 0.2) is 134 Å². The minimum absolute atomic E-state index is 0.0671. The minimum atomic E-state index is -5.31. The number of aromatic nitrogens is 2. The van der Waals surface area contributed by atoms with Crippen molar-refractivity contribution in [3.05, 3.63) is 189 Å². The number of pyridine rings is 2. The number of ether oxygens (including phenoxy) is 2. The molecule has 0 aliphatic rings. The average Bonchev–Trinajstić information content (AvgIpc) is 3.40. The number of nitrogens with two attached hydrogens (primary N) is 1. The van der Waals surface area contributed by atoms with Gasteiger partial charge in [-0.1, -0.05) is 83.9 Å². The number of nitriles is 1. The Balaban J connectivity index is 0.000000297. The maximum Gasteiger partial charge on any atom is 0.461 e. The largest absolute Gasteiger partial charge is 0.461 e. The molecule has 0 bridgehead atoms. The summed E-state index contributed by atoms with van der Waals surface area (Å²) in [4.78, 5) is 45.5. The predicted octanol–water partition coefficient (Wildman–Crippen LogP) is 11.7. The number of carbonyl (C=O) groups is 3. The number of carbonyl (C=O) groups excluding carboxylic acids is 3. The average molecular weight is 1200 g/mol. The molecule has 4 atom stereocenters. The van der Waals surface area contributed by atoms with Crippen LogP contribution in [0.3, 0.4) is 0 Å². The van der Waals surface area contributed by atoms with E-state index >= 15 is 0 Å². The van der Waals surface area contributed by atoms with Crippen molar-refractivity contribution in [1.82, 2.24) is 31.2 Å². The second-order valence-electron chi connectivity index (χ2n) is 16.8. The van der Waals surface area contributed by atoms with Crippen LogP contribution in [0, 0.1) is 23.0 Å². The van der Waals surface area contributed by atoms with E-state index < -0.39 is 119 Å². The van der Waals surface area contributed by atoms with Gasteiger partial charge in [-0.25, -0.2) is 18.4 Å². The maximum atomic E-state index is 14.8. The zero-order chi connectivity index (χ0) is 60.3. The van der Waals surface area contributed by atoms with Crippen molar-refractivity contribution in [3.63, 3.8) is 0 Å². The molecule has 0 spiro atoms. The van der Waals surface area contributed by atoms with Crippen LogP contribution in [0.4, 0.5) is 79.8 Å². The Morgan fingerprint density at radius 1 is 0.568 bits per heavy atom. The monoisotopic (exact) mass is 1200 g/mol. The Hall–Kier alpha value is -8.26. The third kappa shape index (κ3) is 16.9. The van der Waals surface area contributed by atoms with Gasteiger partial charge in [-0.3, -0.25) is 14.8 Å². The first-order valence-electron chi connectivity index (χ1n) is 22.3. The van der Waals surface area contributed by atoms with Crippen molar-refractivity contribution in [2.75, 3.05) is 0 Å². The third-order valence-corrected chi connectivity index (χ3v) is 11.4. The lowest BCUT2D eigenvalue weighted by Crippen LogP contribution is -2.60. The van der Waals surface area contributed by atoms with Crippen LogP contribution < -0.4 is 36.5 Å². The number of hydrogen-bond acceptors (Lipinski definition) is 8. The molecule has 5 amide bonds. The van der Waals surface area contributed by atoms with Gasteiger partial charge in [0.1, 0.15) is 34.2 Å². The van der Waals surface area contributed by atoms with E-state index in [0.717, 1.165) is 24.5 Å². The molecule has 2 heterocycles. The summed E-state index contributed by atoms with van der Waals surface area (Å²) in [6, 6.07) is 15.5. The lowest BCUT2D eigenvalue weighted by Gasteiger charge is -2.36. The van der Waals surface area contributed by atoms with E-state index in [2.05, 4.69) is 30.1 Å². The molecule has 0 saturated heterocycles. The molecular weight excluding hydrogens is 1170 g/mol. The molecule has 6 rings (SSSR count). The first-order valence-corrected chi connectivity index (χ1v) is 23.1. The molecule has 2 aromatic heterocycles. The lowest BCUT2D eigenvalue weighted by atomic mass is 9.80. The van der Waals surface area contributed by atoms with Gasteiger partial charge in [-0.2, -0.15) is 66.7 Å². The lowest BCUT2D eigenvalue weighted by molar-refractivity contribution is -0.253. The molecule has 0 aliphatic heterocycles. The molecule has 6 N–H and O–H groups in total. The van der Waals surface area contributed by atoms with E-state index in [4.69, 9.17) is 34.2 Å². The number of nitrogens with one attached hydrogen (secondary N) is 4. The second-order valence-corrected chi connectivity index (χ2v) is 17.7. The molecule has 4 aromatic carbocycles. The van der Waals surface area contributed by atoms with Gasteiger partial charge in [-0.05, 0) is 70.8 Å². The summed E-state index contributed by atoms with van der Waals surface area (Å²) >= 11 is 11.8. The number of rotatable bonds is 19. The quantitative estimate of drug-likeness (QED) is 0.0494. The van der Waals surface area contributed by atoms with Crippen molar-refractivity contribution >= 4 is 41.2 Å². The zero-order valence-corrected chi connectivity index (χ0v) is 41.7. The number of alkyl halides is 14. The number of nitrogens with zero attached hydrogens (tertiary/aromatic N) is 3. The molecule has 13 nitrogen and oxygen atoms in total. The van der Waals surface area contributed by atoms with Crippen LogP contribution in [0.1, 0.15) is 33.6 Å². The number of halogens is 18. The van der Waals surface area contributed by atoms with Crippen molar-refractivity contribution in [1.29, 1.82) is 5.26 Å². The van der Waals surface area contributed by atoms with Crippen LogP contribution in [0.5, 0.6) is 11.5 Å². The van der Waals surface area contributed by atoms with Crippen LogP contribution in [0.2, 0.25) is 10.0 Å². The molecule has 0 saturated carbocycles. The molecule has 81 heavy (non-hydrogen) atoms. The first kappa shape index (κ1) is 63.6. The highest BCUT2D eigenvalue weighted by Crippen LogP contribution is 2.40. The molecule has 0 fully saturated rings. The van der Waals surface area contributed by atoms with E-state index in [9.17, 15) is 84.6 Å². The molecule has 0 aliphatic carbocycles. The number of urea groups is 2. The van der Waals surface area contributed by atoms with Crippen LogP contribution in [-0.4, -0.2) is 77.4 Å². The fraction of sp³-hybridized carbons (Fsp3) is 0.240. The van der Waals surface area contributed by atoms with Crippen molar-refractivity contribution in [3.8, 4) is 17.6 Å². The Labute approximate surface area is 456 Å². The number of primary amides is 1. The van der Waals surface area contributed by atoms with Gasteiger partial charge in [0.25, 0.3) is 0 Å². The van der Waals surface area contributed by atoms with Gasteiger partial charge in [0, 0.05) is 37.4 Å². The summed E-state index contributed by atoms with van der Waals surface area (Å²) in [7, 11) is 0. The highest BCUT2D eigenvalue weighted by Gasteiger charge is 2.49. The van der Waals surface area contributed by atoms with E-state index in [1.54, 1.807) is 36.4 Å². The highest BCUT2D eigenvalue weighted by atomic mass is 35.5. The number of hydrogen-bond donors (Lipinski definition) is 5. The molecular formula is C50H36Cl2F16N8O5. The SMILES string of the molecule is N#CC(NC(=O)N[C@@](Cc1ccccc1)(c1cc(F)cc(OC(F)(F)C(F)F)c1)c1ccc(Cl)cn1)C(F)(F)F.NC(=O)C(NC(=O)N[C@@](Cc1ccccc1)(c1cc(F)cc(OC(F)(F)C(F)F)c1)c1ccc(Cl)cn1)C(F)(F)F. The van der Waals surface area contributed by atoms with Gasteiger partial charge in [0.05, 0.1) is 27.5 Å². The van der Waals surface area contributed by atoms with Crippen molar-refractivity contribution < 1.29 is 94.1 Å². The summed E-state index contributed by atoms with van der Waals surface area (Å²) in [5.74, 6) is -6.73. The summed E-state index contributed by atoms with van der Waals surface area (Å²) < 4.78 is 223. The Bertz CT molecular complexity index is 3170. The van der Waals surface area contributed by atoms with E-state index in [1.807, 2.05) is 0 Å². The standard InChI is InChI=1S/C25H19ClF8N4O3.C25H17ClF8N4O2/c26-15-6-7-18(36-12-15)23(11-13-4-2-1-3-5-13,38-22(40)37-19(20(35)39)24(30,31)32)14-8-16(27)10-17(9-14)41-25(33,34)21(28)29;26-16-6-7-19(36-13-16)23(11-14-4-2-1-3-5-14,38-22(39)37-20(12-35)24(30,31)32)15-8-17(27)10-18(9-15)40-25(33,34)21(28)29/h1-10,12,19,21H,11H2,(H2,35,39)(H2,37,38,40);1-10,13,20-21H,11H2,(H2,37,38,39)/t19?,23-;20?,23-/m00/s1. The van der Waals surface area contributed by atoms with Gasteiger partial charge < -0.3 is 36.5 Å². The van der Waals surface area contributed by atoms with E-state index in [1.165, 1.54) is 59.2 Å². The summed E-state index contributed by atoms with van der Waals surface area (Å²) in [5.41, 5.74) is -0.0908. The predicted molar refractivity (Wildman–Crippen MR) is 254 cm³/mol. The smallest absolute Gasteiger partial charge is 0.428 e. The molecule has 2 unspecified atom stereocenters. The second kappa shape index (κ2) is 25.9. The minimum Gasteiger partial charge on any atom is -0.428 e. The van der Waals surface area contributed by atoms with Gasteiger partial charge in [0.15, 0.2) is 0 Å². The normalized spacial score (nSPS) is 14.2. The molecule has 31 heteroatoms. The summed E-state index contributed by atoms with van der Waals surface area (Å²) in [6.07, 6.45) is -27.8. The summed E-state index contributed by atoms with van der Waals surface area (Å²) in [5, 5.41) is 16.3. The number of amides is 5. The van der Waals surface area contributed by atoms with Gasteiger partial charge in [-0.15, -0.1) is 0 Å². The Morgan fingerprint density at radius 2 is 0.951 bits per heavy atom. The van der Waals surface area contributed by atoms with Crippen molar-refractivity contribution in [2.24, 2.45) is 5.73 Å². The molecule has 432 valence electrons. The maximum absolute atomic E-state index is 14.8. The van der Waals surface area contributed by atoms with Gasteiger partial charge >= 0.3 is 49.5 Å². The highest BCUT2D eigenvalue weighted by molar-refractivity contribution is 6.30.